The standard InChI is InChI=1S/C15H18BrN3O/c16-13-7-5-6-12(10-13)15-18-17-14(20-15)11-19-8-3-1-2-4-9-19/h5-7,10H,1-4,8-9,11H2. The smallest absolute Gasteiger partial charge is 0.247 e. The highest BCUT2D eigenvalue weighted by Gasteiger charge is 2.14. The number of halogens is 1. The highest BCUT2D eigenvalue weighted by molar-refractivity contribution is 9.10. The largest absolute Gasteiger partial charge is 0.419 e. The first-order chi connectivity index (χ1) is 9.81. The van der Waals surface area contributed by atoms with Crippen LogP contribution in [0, 0.1) is 0 Å². The van der Waals surface area contributed by atoms with E-state index in [2.05, 4.69) is 31.0 Å². The van der Waals surface area contributed by atoms with Crippen LogP contribution in [0.25, 0.3) is 11.5 Å². The van der Waals surface area contributed by atoms with Crippen molar-refractivity contribution in [1.82, 2.24) is 15.1 Å². The molecule has 0 bridgehead atoms. The minimum absolute atomic E-state index is 0.594. The number of hydrogen-bond donors (Lipinski definition) is 0. The first-order valence-corrected chi connectivity index (χ1v) is 7.91. The maximum absolute atomic E-state index is 5.78. The monoisotopic (exact) mass is 335 g/mol. The van der Waals surface area contributed by atoms with Gasteiger partial charge in [0.15, 0.2) is 0 Å². The molecule has 0 amide bonds. The van der Waals surface area contributed by atoms with Gasteiger partial charge in [0.05, 0.1) is 6.54 Å². The summed E-state index contributed by atoms with van der Waals surface area (Å²) in [7, 11) is 0. The summed E-state index contributed by atoms with van der Waals surface area (Å²) < 4.78 is 6.80. The number of rotatable bonds is 3. The number of nitrogens with zero attached hydrogens (tertiary/aromatic N) is 3. The molecule has 4 nitrogen and oxygen atoms in total. The van der Waals surface area contributed by atoms with E-state index in [4.69, 9.17) is 4.42 Å². The normalized spacial score (nSPS) is 17.1. The summed E-state index contributed by atoms with van der Waals surface area (Å²) in [5.74, 6) is 1.30. The van der Waals surface area contributed by atoms with E-state index in [9.17, 15) is 0 Å². The molecule has 0 spiro atoms. The Bertz CT molecular complexity index is 562. The topological polar surface area (TPSA) is 42.2 Å². The van der Waals surface area contributed by atoms with Gasteiger partial charge in [-0.3, -0.25) is 4.90 Å². The zero-order chi connectivity index (χ0) is 13.8. The predicted molar refractivity (Wildman–Crippen MR) is 81.2 cm³/mol. The molecule has 1 saturated heterocycles. The molecule has 2 heterocycles. The summed E-state index contributed by atoms with van der Waals surface area (Å²) >= 11 is 3.46. The molecule has 0 radical (unpaired) electrons. The molecule has 106 valence electrons. The van der Waals surface area contributed by atoms with E-state index in [-0.39, 0.29) is 0 Å². The Morgan fingerprint density at radius 1 is 1.10 bits per heavy atom. The number of benzene rings is 1. The average molecular weight is 336 g/mol. The van der Waals surface area contributed by atoms with Crippen molar-refractivity contribution in [3.05, 3.63) is 34.6 Å². The number of hydrogen-bond acceptors (Lipinski definition) is 4. The van der Waals surface area contributed by atoms with Gasteiger partial charge in [0.25, 0.3) is 0 Å². The van der Waals surface area contributed by atoms with Crippen LogP contribution in [0.3, 0.4) is 0 Å². The highest BCUT2D eigenvalue weighted by atomic mass is 79.9. The van der Waals surface area contributed by atoms with E-state index < -0.39 is 0 Å². The third kappa shape index (κ3) is 3.46. The molecule has 5 heteroatoms. The molecule has 0 saturated carbocycles. The molecule has 0 N–H and O–H groups in total. The van der Waals surface area contributed by atoms with Crippen LogP contribution >= 0.6 is 15.9 Å². The Morgan fingerprint density at radius 3 is 2.65 bits per heavy atom. The van der Waals surface area contributed by atoms with Gasteiger partial charge in [-0.05, 0) is 44.1 Å². The van der Waals surface area contributed by atoms with E-state index >= 15 is 0 Å². The van der Waals surface area contributed by atoms with Gasteiger partial charge in [-0.1, -0.05) is 34.8 Å². The van der Waals surface area contributed by atoms with Gasteiger partial charge in [-0.25, -0.2) is 0 Å². The van der Waals surface area contributed by atoms with Crippen molar-refractivity contribution in [3.63, 3.8) is 0 Å². The van der Waals surface area contributed by atoms with Crippen molar-refractivity contribution in [2.24, 2.45) is 0 Å². The molecule has 1 aromatic carbocycles. The van der Waals surface area contributed by atoms with Gasteiger partial charge in [0.2, 0.25) is 11.8 Å². The fraction of sp³-hybridized carbons (Fsp3) is 0.467. The lowest BCUT2D eigenvalue weighted by molar-refractivity contribution is 0.249. The Hall–Kier alpha value is -1.20. The van der Waals surface area contributed by atoms with Crippen molar-refractivity contribution >= 4 is 15.9 Å². The highest BCUT2D eigenvalue weighted by Crippen LogP contribution is 2.22. The minimum Gasteiger partial charge on any atom is -0.419 e. The molecule has 1 aliphatic heterocycles. The molecule has 0 unspecified atom stereocenters. The first kappa shape index (κ1) is 13.8. The lowest BCUT2D eigenvalue weighted by atomic mass is 10.2. The predicted octanol–water partition coefficient (Wildman–Crippen LogP) is 3.88. The van der Waals surface area contributed by atoms with Crippen LogP contribution in [0.4, 0.5) is 0 Å². The molecule has 3 rings (SSSR count). The Labute approximate surface area is 127 Å². The molecule has 2 aromatic rings. The van der Waals surface area contributed by atoms with Crippen LogP contribution in [0.1, 0.15) is 31.6 Å². The van der Waals surface area contributed by atoms with Gasteiger partial charge < -0.3 is 4.42 Å². The Morgan fingerprint density at radius 2 is 1.90 bits per heavy atom. The van der Waals surface area contributed by atoms with Crippen LogP contribution < -0.4 is 0 Å². The van der Waals surface area contributed by atoms with Crippen LogP contribution in [0.5, 0.6) is 0 Å². The summed E-state index contributed by atoms with van der Waals surface area (Å²) in [5.41, 5.74) is 0.953. The van der Waals surface area contributed by atoms with Crippen LogP contribution in [-0.2, 0) is 6.54 Å². The summed E-state index contributed by atoms with van der Waals surface area (Å²) in [6, 6.07) is 7.92. The summed E-state index contributed by atoms with van der Waals surface area (Å²) in [6.45, 7) is 3.03. The van der Waals surface area contributed by atoms with Crippen molar-refractivity contribution in [1.29, 1.82) is 0 Å². The molecular formula is C15H18BrN3O. The zero-order valence-electron chi connectivity index (χ0n) is 11.4. The molecule has 1 aromatic heterocycles. The molecule has 20 heavy (non-hydrogen) atoms. The van der Waals surface area contributed by atoms with Crippen LogP contribution in [0.2, 0.25) is 0 Å². The summed E-state index contributed by atoms with van der Waals surface area (Å²) in [5, 5.41) is 8.33. The third-order valence-corrected chi connectivity index (χ3v) is 4.09. The van der Waals surface area contributed by atoms with Crippen molar-refractivity contribution in [2.75, 3.05) is 13.1 Å². The Kier molecular flexibility index (Phi) is 4.47. The van der Waals surface area contributed by atoms with E-state index in [1.54, 1.807) is 0 Å². The minimum atomic E-state index is 0.594. The van der Waals surface area contributed by atoms with Crippen molar-refractivity contribution in [3.8, 4) is 11.5 Å². The molecular weight excluding hydrogens is 318 g/mol. The van der Waals surface area contributed by atoms with Gasteiger partial charge in [0.1, 0.15) is 0 Å². The molecule has 1 fully saturated rings. The van der Waals surface area contributed by atoms with E-state index in [0.717, 1.165) is 29.7 Å². The molecule has 0 aliphatic carbocycles. The average Bonchev–Trinajstić information content (AvgIpc) is 2.75. The lowest BCUT2D eigenvalue weighted by Crippen LogP contribution is -2.24. The van der Waals surface area contributed by atoms with Crippen molar-refractivity contribution < 1.29 is 4.42 Å². The van der Waals surface area contributed by atoms with Gasteiger partial charge >= 0.3 is 0 Å². The van der Waals surface area contributed by atoms with Crippen LogP contribution in [-0.4, -0.2) is 28.2 Å². The third-order valence-electron chi connectivity index (χ3n) is 3.60. The van der Waals surface area contributed by atoms with E-state index in [1.165, 1.54) is 25.7 Å². The summed E-state index contributed by atoms with van der Waals surface area (Å²) in [6.07, 6.45) is 5.21. The van der Waals surface area contributed by atoms with Crippen molar-refractivity contribution in [2.45, 2.75) is 32.2 Å². The fourth-order valence-corrected chi connectivity index (χ4v) is 2.94. The lowest BCUT2D eigenvalue weighted by Gasteiger charge is -2.16. The number of likely N-dealkylation sites (tertiary alicyclic amines) is 1. The first-order valence-electron chi connectivity index (χ1n) is 7.12. The second-order valence-electron chi connectivity index (χ2n) is 5.20. The van der Waals surface area contributed by atoms with E-state index in [1.807, 2.05) is 24.3 Å². The second-order valence-corrected chi connectivity index (χ2v) is 6.12. The molecule has 1 aliphatic rings. The van der Waals surface area contributed by atoms with Crippen LogP contribution in [0.15, 0.2) is 33.2 Å². The molecule has 0 atom stereocenters. The van der Waals surface area contributed by atoms with Gasteiger partial charge in [0, 0.05) is 10.0 Å². The van der Waals surface area contributed by atoms with Gasteiger partial charge in [-0.15, -0.1) is 10.2 Å². The SMILES string of the molecule is Brc1cccc(-c2nnc(CN3CCCCCC3)o2)c1. The Balaban J connectivity index is 1.70. The van der Waals surface area contributed by atoms with E-state index in [0.29, 0.717) is 11.8 Å². The fourth-order valence-electron chi connectivity index (χ4n) is 2.54. The zero-order valence-corrected chi connectivity index (χ0v) is 13.0. The quantitative estimate of drug-likeness (QED) is 0.853. The maximum Gasteiger partial charge on any atom is 0.247 e. The van der Waals surface area contributed by atoms with Gasteiger partial charge in [-0.2, -0.15) is 0 Å². The summed E-state index contributed by atoms with van der Waals surface area (Å²) in [4.78, 5) is 2.41. The second kappa shape index (κ2) is 6.50. The number of aromatic nitrogens is 2. The maximum atomic E-state index is 5.78.